The minimum absolute atomic E-state index is 0. The molecule has 0 saturated heterocycles. The third kappa shape index (κ3) is 22.9. The first-order chi connectivity index (χ1) is 15.6. The van der Waals surface area contributed by atoms with Gasteiger partial charge in [0, 0.05) is 26.2 Å². The van der Waals surface area contributed by atoms with Crippen molar-refractivity contribution in [3.8, 4) is 0 Å². The van der Waals surface area contributed by atoms with Crippen LogP contribution in [-0.4, -0.2) is 49.8 Å². The predicted octanol–water partition coefficient (Wildman–Crippen LogP) is 1.27. The van der Waals surface area contributed by atoms with Crippen LogP contribution in [0.2, 0.25) is 0 Å². The average molecular weight is 654 g/mol. The van der Waals surface area contributed by atoms with Crippen molar-refractivity contribution in [3.05, 3.63) is 0 Å². The summed E-state index contributed by atoms with van der Waals surface area (Å²) in [6, 6.07) is 0. The minimum atomic E-state index is 0. The average Bonchev–Trinajstić information content (AvgIpc) is 3.35. The molecule has 0 aromatic rings. The van der Waals surface area contributed by atoms with Gasteiger partial charge in [-0.1, -0.05) is 25.7 Å². The van der Waals surface area contributed by atoms with Crippen molar-refractivity contribution in [3.63, 3.8) is 0 Å². The molecule has 0 fully saturated rings. The van der Waals surface area contributed by atoms with Crippen LogP contribution in [0.1, 0.15) is 103 Å². The van der Waals surface area contributed by atoms with Gasteiger partial charge in [0.2, 0.25) is 0 Å². The van der Waals surface area contributed by atoms with Gasteiger partial charge in [0.25, 0.3) is 0 Å². The van der Waals surface area contributed by atoms with Gasteiger partial charge < -0.3 is 40.4 Å². The van der Waals surface area contributed by atoms with Crippen LogP contribution in [0.4, 0.5) is 0 Å². The van der Waals surface area contributed by atoms with Crippen LogP contribution in [0, 0.1) is 0 Å². The smallest absolute Gasteiger partial charge is 0.862 e. The van der Waals surface area contributed by atoms with Crippen molar-refractivity contribution in [2.24, 2.45) is 20.0 Å². The third-order valence-electron chi connectivity index (χ3n) is 5.35. The zero-order valence-electron chi connectivity index (χ0n) is 20.2. The zero-order chi connectivity index (χ0) is 23.3. The Labute approximate surface area is 231 Å². The molecular formula is C24H40N4O4Rh2. The van der Waals surface area contributed by atoms with Crippen molar-refractivity contribution < 1.29 is 59.4 Å². The summed E-state index contributed by atoms with van der Waals surface area (Å²) in [7, 11) is 0. The molecule has 0 atom stereocenters. The number of rotatable bonds is 0. The maximum Gasteiger partial charge on any atom is 2.00 e. The molecule has 0 aromatic carbocycles. The minimum Gasteiger partial charge on any atom is -0.862 e. The van der Waals surface area contributed by atoms with Crippen LogP contribution in [-0.2, 0) is 39.0 Å². The van der Waals surface area contributed by atoms with E-state index in [9.17, 15) is 20.4 Å². The van der Waals surface area contributed by atoms with E-state index in [-0.39, 0.29) is 62.5 Å². The number of nitrogens with zero attached hydrogens (tertiary/aromatic N) is 4. The van der Waals surface area contributed by atoms with E-state index in [1.807, 2.05) is 0 Å². The molecule has 0 amide bonds. The van der Waals surface area contributed by atoms with Crippen molar-refractivity contribution in [2.75, 3.05) is 26.2 Å². The van der Waals surface area contributed by atoms with Gasteiger partial charge in [-0.2, -0.15) is 0 Å². The monoisotopic (exact) mass is 654 g/mol. The van der Waals surface area contributed by atoms with Crippen LogP contribution < -0.4 is 20.4 Å². The maximum absolute atomic E-state index is 10.5. The standard InChI is InChI=1S/4C6H11NO.2Rh/c4*8-6-4-2-1-3-5-7-6;;/h4*1-5H2,(H,7,8);;/q;;;;2*+2/p-4. The molecule has 10 heteroatoms. The van der Waals surface area contributed by atoms with E-state index in [0.717, 1.165) is 77.5 Å². The first-order valence-corrected chi connectivity index (χ1v) is 12.4. The molecule has 2 radical (unpaired) electrons. The fourth-order valence-corrected chi connectivity index (χ4v) is 3.39. The maximum atomic E-state index is 10.5. The Bertz CT molecular complexity index is 510. The second-order valence-electron chi connectivity index (χ2n) is 8.34. The van der Waals surface area contributed by atoms with Gasteiger partial charge in [0.15, 0.2) is 0 Å². The van der Waals surface area contributed by atoms with Crippen LogP contribution in [0.15, 0.2) is 20.0 Å². The first-order valence-electron chi connectivity index (χ1n) is 12.4. The van der Waals surface area contributed by atoms with Gasteiger partial charge in [-0.25, -0.2) is 0 Å². The van der Waals surface area contributed by atoms with Crippen molar-refractivity contribution in [2.45, 2.75) is 103 Å². The first kappa shape index (κ1) is 35.3. The van der Waals surface area contributed by atoms with Crippen molar-refractivity contribution in [1.82, 2.24) is 0 Å². The molecule has 8 nitrogen and oxygen atoms in total. The van der Waals surface area contributed by atoms with E-state index in [2.05, 4.69) is 20.0 Å². The molecule has 0 bridgehead atoms. The molecule has 34 heavy (non-hydrogen) atoms. The number of aliphatic imine (C=N–C) groups is 4. The Kier molecular flexibility index (Phi) is 26.2. The molecule has 0 spiro atoms. The normalized spacial score (nSPS) is 20.5. The molecule has 0 aliphatic carbocycles. The van der Waals surface area contributed by atoms with E-state index < -0.39 is 0 Å². The second-order valence-corrected chi connectivity index (χ2v) is 8.34. The Morgan fingerprint density at radius 1 is 0.324 bits per heavy atom. The van der Waals surface area contributed by atoms with Gasteiger partial charge in [0.1, 0.15) is 0 Å². The van der Waals surface area contributed by atoms with E-state index in [4.69, 9.17) is 0 Å². The Morgan fingerprint density at radius 3 is 0.735 bits per heavy atom. The van der Waals surface area contributed by atoms with Crippen LogP contribution in [0.3, 0.4) is 0 Å². The molecular weight excluding hydrogens is 614 g/mol. The van der Waals surface area contributed by atoms with Crippen LogP contribution in [0.5, 0.6) is 0 Å². The third-order valence-corrected chi connectivity index (χ3v) is 5.35. The SMILES string of the molecule is [O-]C1=NCCCCC1.[O-]C1=NCCCCC1.[O-]C1=NCCCCC1.[O-]C1=NCCCCC1.[Rh+2].[Rh+2]. The van der Waals surface area contributed by atoms with Crippen molar-refractivity contribution in [1.29, 1.82) is 0 Å². The summed E-state index contributed by atoms with van der Waals surface area (Å²) in [5.74, 6) is 0.398. The molecule has 4 rings (SSSR count). The number of hydrogen-bond donors (Lipinski definition) is 0. The summed E-state index contributed by atoms with van der Waals surface area (Å²) in [6.45, 7) is 3.05. The summed E-state index contributed by atoms with van der Waals surface area (Å²) < 4.78 is 0. The summed E-state index contributed by atoms with van der Waals surface area (Å²) in [5, 5.41) is 42.1. The van der Waals surface area contributed by atoms with E-state index >= 15 is 0 Å². The Morgan fingerprint density at radius 2 is 0.529 bits per heavy atom. The Balaban J connectivity index is 0. The van der Waals surface area contributed by atoms with Gasteiger partial charge in [-0.15, -0.1) is 0 Å². The molecule has 0 unspecified atom stereocenters. The predicted molar refractivity (Wildman–Crippen MR) is 123 cm³/mol. The Hall–Kier alpha value is -0.873. The van der Waals surface area contributed by atoms with Gasteiger partial charge in [0.05, 0.1) is 0 Å². The summed E-state index contributed by atoms with van der Waals surface area (Å²) in [4.78, 5) is 15.1. The number of hydrogen-bond acceptors (Lipinski definition) is 8. The summed E-state index contributed by atoms with van der Waals surface area (Å²) >= 11 is 0. The molecule has 4 aliphatic rings. The topological polar surface area (TPSA) is 142 Å². The fourth-order valence-electron chi connectivity index (χ4n) is 3.39. The molecule has 198 valence electrons. The molecule has 0 saturated carbocycles. The molecule has 0 aromatic heterocycles. The van der Waals surface area contributed by atoms with E-state index in [0.29, 0.717) is 25.7 Å². The van der Waals surface area contributed by atoms with Crippen LogP contribution in [0.25, 0.3) is 0 Å². The van der Waals surface area contributed by atoms with E-state index in [1.54, 1.807) is 0 Å². The van der Waals surface area contributed by atoms with Gasteiger partial charge in [-0.05, 0) is 101 Å². The van der Waals surface area contributed by atoms with Crippen LogP contribution >= 0.6 is 0 Å². The molecule has 4 heterocycles. The molecule has 4 aliphatic heterocycles. The quantitative estimate of drug-likeness (QED) is 0.363. The molecule has 0 N–H and O–H groups in total. The van der Waals surface area contributed by atoms with Gasteiger partial charge >= 0.3 is 39.0 Å². The van der Waals surface area contributed by atoms with Crippen molar-refractivity contribution >= 4 is 23.6 Å². The zero-order valence-corrected chi connectivity index (χ0v) is 23.5. The second kappa shape index (κ2) is 25.2. The van der Waals surface area contributed by atoms with Gasteiger partial charge in [-0.3, -0.25) is 0 Å². The largest absolute Gasteiger partial charge is 2.00 e. The summed E-state index contributed by atoms with van der Waals surface area (Å²) in [5.41, 5.74) is 0. The van der Waals surface area contributed by atoms with E-state index in [1.165, 1.54) is 25.7 Å². The fraction of sp³-hybridized carbons (Fsp3) is 0.833. The summed E-state index contributed by atoms with van der Waals surface area (Å²) in [6.07, 6.45) is 16.0.